The molecule has 2 rings (SSSR count). The number of carbonyl (C=O) groups excluding carboxylic acids is 2. The number of nitrogens with zero attached hydrogens (tertiary/aromatic N) is 1. The van der Waals surface area contributed by atoms with E-state index >= 15 is 0 Å². The summed E-state index contributed by atoms with van der Waals surface area (Å²) in [5, 5.41) is 13.5. The normalized spacial score (nSPS) is 10.4. The minimum absolute atomic E-state index is 0.0931. The second-order valence-corrected chi connectivity index (χ2v) is 5.96. The highest BCUT2D eigenvalue weighted by atomic mass is 35.5. The first-order valence-corrected chi connectivity index (χ1v) is 8.52. The molecule has 1 N–H and O–H groups in total. The zero-order valence-electron chi connectivity index (χ0n) is 15.5. The number of hydrogen-bond acceptors (Lipinski definition) is 7. The number of anilines is 1. The summed E-state index contributed by atoms with van der Waals surface area (Å²) >= 11 is 5.79. The van der Waals surface area contributed by atoms with Crippen LogP contribution in [0.25, 0.3) is 6.08 Å². The number of nitro benzene ring substituents is 1. The molecule has 0 atom stereocenters. The number of halogens is 1. The summed E-state index contributed by atoms with van der Waals surface area (Å²) in [5.41, 5.74) is 0.227. The fraction of sp³-hybridized carbons (Fsp3) is 0.158. The number of carbonyl (C=O) groups is 2. The van der Waals surface area contributed by atoms with Crippen molar-refractivity contribution in [2.75, 3.05) is 26.1 Å². The van der Waals surface area contributed by atoms with Crippen LogP contribution < -0.4 is 14.8 Å². The van der Waals surface area contributed by atoms with Crippen LogP contribution in [0.3, 0.4) is 0 Å². The predicted molar refractivity (Wildman–Crippen MR) is 106 cm³/mol. The van der Waals surface area contributed by atoms with Crippen molar-refractivity contribution in [3.05, 3.63) is 63.2 Å². The third-order valence-electron chi connectivity index (χ3n) is 3.59. The quantitative estimate of drug-likeness (QED) is 0.301. The van der Waals surface area contributed by atoms with Gasteiger partial charge in [0.1, 0.15) is 5.69 Å². The summed E-state index contributed by atoms with van der Waals surface area (Å²) in [5.74, 6) is -0.483. The monoisotopic (exact) mass is 420 g/mol. The van der Waals surface area contributed by atoms with E-state index in [1.54, 1.807) is 18.2 Å². The molecule has 9 nitrogen and oxygen atoms in total. The van der Waals surface area contributed by atoms with Crippen LogP contribution in [0.2, 0.25) is 5.02 Å². The molecule has 152 valence electrons. The number of benzene rings is 2. The van der Waals surface area contributed by atoms with Crippen molar-refractivity contribution >= 4 is 40.9 Å². The first-order valence-electron chi connectivity index (χ1n) is 8.14. The second-order valence-electron chi connectivity index (χ2n) is 5.52. The van der Waals surface area contributed by atoms with Crippen molar-refractivity contribution in [2.45, 2.75) is 0 Å². The molecule has 0 aliphatic rings. The van der Waals surface area contributed by atoms with Gasteiger partial charge in [-0.1, -0.05) is 17.7 Å². The van der Waals surface area contributed by atoms with Gasteiger partial charge in [0.05, 0.1) is 19.1 Å². The van der Waals surface area contributed by atoms with E-state index in [4.69, 9.17) is 25.8 Å². The van der Waals surface area contributed by atoms with Crippen molar-refractivity contribution in [2.24, 2.45) is 0 Å². The van der Waals surface area contributed by atoms with E-state index in [0.29, 0.717) is 17.1 Å². The lowest BCUT2D eigenvalue weighted by Gasteiger charge is -2.08. The Hall–Kier alpha value is -3.59. The second kappa shape index (κ2) is 10.1. The van der Waals surface area contributed by atoms with Gasteiger partial charge < -0.3 is 19.5 Å². The summed E-state index contributed by atoms with van der Waals surface area (Å²) < 4.78 is 15.1. The number of rotatable bonds is 8. The molecular weight excluding hydrogens is 404 g/mol. The third-order valence-corrected chi connectivity index (χ3v) is 3.83. The van der Waals surface area contributed by atoms with Gasteiger partial charge in [-0.05, 0) is 35.9 Å². The lowest BCUT2D eigenvalue weighted by molar-refractivity contribution is -0.383. The largest absolute Gasteiger partial charge is 0.493 e. The van der Waals surface area contributed by atoms with Crippen molar-refractivity contribution < 1.29 is 28.7 Å². The van der Waals surface area contributed by atoms with Crippen molar-refractivity contribution in [1.29, 1.82) is 0 Å². The average molecular weight is 421 g/mol. The molecule has 0 aromatic heterocycles. The van der Waals surface area contributed by atoms with Crippen LogP contribution in [-0.4, -0.2) is 37.6 Å². The van der Waals surface area contributed by atoms with Crippen LogP contribution in [0, 0.1) is 10.1 Å². The van der Waals surface area contributed by atoms with Gasteiger partial charge in [-0.3, -0.25) is 14.9 Å². The molecule has 2 aromatic rings. The van der Waals surface area contributed by atoms with E-state index in [0.717, 1.165) is 12.1 Å². The number of amides is 1. The zero-order chi connectivity index (χ0) is 21.4. The highest BCUT2D eigenvalue weighted by Crippen LogP contribution is 2.28. The molecule has 1 amide bonds. The number of hydrogen-bond donors (Lipinski definition) is 1. The Morgan fingerprint density at radius 3 is 2.52 bits per heavy atom. The maximum absolute atomic E-state index is 11.9. The van der Waals surface area contributed by atoms with Crippen LogP contribution in [-0.2, 0) is 14.3 Å². The van der Waals surface area contributed by atoms with Gasteiger partial charge in [0.25, 0.3) is 11.6 Å². The van der Waals surface area contributed by atoms with Gasteiger partial charge in [0, 0.05) is 17.2 Å². The first-order chi connectivity index (χ1) is 13.8. The molecule has 0 fully saturated rings. The lowest BCUT2D eigenvalue weighted by atomic mass is 10.2. The number of esters is 1. The molecule has 0 heterocycles. The lowest BCUT2D eigenvalue weighted by Crippen LogP contribution is -2.20. The van der Waals surface area contributed by atoms with Gasteiger partial charge in [0.2, 0.25) is 0 Å². The fourth-order valence-corrected chi connectivity index (χ4v) is 2.43. The van der Waals surface area contributed by atoms with E-state index in [1.807, 2.05) is 0 Å². The number of methoxy groups -OCH3 is 2. The number of nitrogens with one attached hydrogen (secondary N) is 1. The van der Waals surface area contributed by atoms with Crippen LogP contribution >= 0.6 is 11.6 Å². The molecule has 10 heteroatoms. The highest BCUT2D eigenvalue weighted by Gasteiger charge is 2.16. The first kappa shape index (κ1) is 21.7. The van der Waals surface area contributed by atoms with E-state index in [-0.39, 0.29) is 16.4 Å². The van der Waals surface area contributed by atoms with Crippen molar-refractivity contribution in [3.8, 4) is 11.5 Å². The highest BCUT2D eigenvalue weighted by molar-refractivity contribution is 6.31. The molecular formula is C19H17ClN2O7. The van der Waals surface area contributed by atoms with Crippen LogP contribution in [0.4, 0.5) is 11.4 Å². The van der Waals surface area contributed by atoms with Crippen LogP contribution in [0.1, 0.15) is 5.56 Å². The number of ether oxygens (including phenoxy) is 3. The van der Waals surface area contributed by atoms with Gasteiger partial charge in [0.15, 0.2) is 18.1 Å². The Kier molecular flexibility index (Phi) is 7.55. The Morgan fingerprint density at radius 1 is 1.14 bits per heavy atom. The van der Waals surface area contributed by atoms with E-state index in [9.17, 15) is 19.7 Å². The van der Waals surface area contributed by atoms with Crippen molar-refractivity contribution in [1.82, 2.24) is 0 Å². The molecule has 0 aliphatic heterocycles. The van der Waals surface area contributed by atoms with Crippen molar-refractivity contribution in [3.63, 3.8) is 0 Å². The van der Waals surface area contributed by atoms with Gasteiger partial charge in [-0.15, -0.1) is 0 Å². The van der Waals surface area contributed by atoms with E-state index in [1.165, 1.54) is 32.4 Å². The Bertz CT molecular complexity index is 960. The smallest absolute Gasteiger partial charge is 0.331 e. The van der Waals surface area contributed by atoms with Gasteiger partial charge in [-0.2, -0.15) is 0 Å². The molecule has 0 spiro atoms. The Labute approximate surface area is 171 Å². The van der Waals surface area contributed by atoms with E-state index < -0.39 is 23.4 Å². The predicted octanol–water partition coefficient (Wildman–Crippen LogP) is 3.46. The average Bonchev–Trinajstić information content (AvgIpc) is 2.70. The molecule has 0 radical (unpaired) electrons. The summed E-state index contributed by atoms with van der Waals surface area (Å²) in [6, 6.07) is 8.76. The molecule has 0 bridgehead atoms. The maximum Gasteiger partial charge on any atom is 0.331 e. The summed E-state index contributed by atoms with van der Waals surface area (Å²) in [4.78, 5) is 34.1. The zero-order valence-corrected chi connectivity index (χ0v) is 16.3. The summed E-state index contributed by atoms with van der Waals surface area (Å²) in [6.07, 6.45) is 2.61. The Balaban J connectivity index is 1.94. The molecule has 0 saturated heterocycles. The third kappa shape index (κ3) is 6.22. The summed E-state index contributed by atoms with van der Waals surface area (Å²) in [7, 11) is 3.00. The Morgan fingerprint density at radius 2 is 1.86 bits per heavy atom. The molecule has 29 heavy (non-hydrogen) atoms. The van der Waals surface area contributed by atoms with Gasteiger partial charge >= 0.3 is 5.97 Å². The van der Waals surface area contributed by atoms with Gasteiger partial charge in [-0.25, -0.2) is 4.79 Å². The summed E-state index contributed by atoms with van der Waals surface area (Å²) in [6.45, 7) is -0.626. The minimum Gasteiger partial charge on any atom is -0.493 e. The van der Waals surface area contributed by atoms with E-state index in [2.05, 4.69) is 5.32 Å². The van der Waals surface area contributed by atoms with Crippen LogP contribution in [0.5, 0.6) is 11.5 Å². The molecule has 0 unspecified atom stereocenters. The van der Waals surface area contributed by atoms with Crippen LogP contribution in [0.15, 0.2) is 42.5 Å². The molecule has 2 aromatic carbocycles. The number of nitro groups is 1. The standard InChI is InChI=1S/C19H17ClN2O7/c1-27-16-7-3-12(9-17(16)28-2)4-8-19(24)29-11-18(23)21-14-10-13(20)5-6-15(14)22(25)26/h3-10H,11H2,1-2H3,(H,21,23). The molecule has 0 aliphatic carbocycles. The topological polar surface area (TPSA) is 117 Å². The fourth-order valence-electron chi connectivity index (χ4n) is 2.26. The molecule has 0 saturated carbocycles. The maximum atomic E-state index is 11.9. The minimum atomic E-state index is -0.768. The SMILES string of the molecule is COc1ccc(C=CC(=O)OCC(=O)Nc2cc(Cl)ccc2[N+](=O)[O-])cc1OC.